The van der Waals surface area contributed by atoms with Gasteiger partial charge in [0.15, 0.2) is 11.0 Å². The zero-order chi connectivity index (χ0) is 15.0. The number of rotatable bonds is 5. The van der Waals surface area contributed by atoms with Crippen molar-refractivity contribution >= 4 is 35.0 Å². The van der Waals surface area contributed by atoms with E-state index < -0.39 is 4.33 Å². The monoisotopic (exact) mass is 343 g/mol. The Bertz CT molecular complexity index is 659. The highest BCUT2D eigenvalue weighted by Gasteiger charge is 2.51. The Balaban J connectivity index is 1.79. The zero-order valence-corrected chi connectivity index (χ0v) is 14.0. The number of benzene rings is 1. The summed E-state index contributed by atoms with van der Waals surface area (Å²) in [5, 5.41) is 9.38. The maximum Gasteiger partial charge on any atom is 0.191 e. The van der Waals surface area contributed by atoms with E-state index in [1.807, 2.05) is 35.9 Å². The van der Waals surface area contributed by atoms with Crippen molar-refractivity contribution in [3.8, 4) is 17.1 Å². The molecule has 0 saturated heterocycles. The molecule has 1 aromatic heterocycles. The van der Waals surface area contributed by atoms with Crippen LogP contribution in [0.4, 0.5) is 0 Å². The summed E-state index contributed by atoms with van der Waals surface area (Å²) in [5.41, 5.74) is 0.928. The predicted octanol–water partition coefficient (Wildman–Crippen LogP) is 3.78. The van der Waals surface area contributed by atoms with Crippen LogP contribution in [0.2, 0.25) is 0 Å². The molecule has 2 aromatic rings. The first kappa shape index (κ1) is 15.0. The normalized spacial score (nSPS) is 19.5. The molecular weight excluding hydrogens is 329 g/mol. The van der Waals surface area contributed by atoms with Gasteiger partial charge in [-0.3, -0.25) is 0 Å². The van der Waals surface area contributed by atoms with Crippen LogP contribution < -0.4 is 4.74 Å². The smallest absolute Gasteiger partial charge is 0.191 e. The van der Waals surface area contributed by atoms with Crippen LogP contribution in [0.1, 0.15) is 6.42 Å². The van der Waals surface area contributed by atoms with Gasteiger partial charge in [-0.2, -0.15) is 0 Å². The molecular formula is C14H15Cl2N3OS. The van der Waals surface area contributed by atoms with Crippen molar-refractivity contribution in [1.82, 2.24) is 14.8 Å². The summed E-state index contributed by atoms with van der Waals surface area (Å²) in [6.45, 7) is 0. The van der Waals surface area contributed by atoms with Gasteiger partial charge in [0, 0.05) is 18.7 Å². The fraction of sp³-hybridized carbons (Fsp3) is 0.429. The molecule has 1 aromatic carbocycles. The van der Waals surface area contributed by atoms with Crippen molar-refractivity contribution in [3.05, 3.63) is 24.3 Å². The summed E-state index contributed by atoms with van der Waals surface area (Å²) in [5.74, 6) is 2.75. The summed E-state index contributed by atoms with van der Waals surface area (Å²) in [6, 6.07) is 7.78. The van der Waals surface area contributed by atoms with Crippen molar-refractivity contribution in [2.45, 2.75) is 15.9 Å². The first-order chi connectivity index (χ1) is 10.0. The third-order valence-corrected chi connectivity index (χ3v) is 5.66. The van der Waals surface area contributed by atoms with Gasteiger partial charge < -0.3 is 9.30 Å². The SMILES string of the molecule is COc1ccccc1-c1nnc(SCC2CC2(Cl)Cl)n1C. The van der Waals surface area contributed by atoms with Gasteiger partial charge in [-0.25, -0.2) is 0 Å². The van der Waals surface area contributed by atoms with Crippen molar-refractivity contribution < 1.29 is 4.74 Å². The number of methoxy groups -OCH3 is 1. The summed E-state index contributed by atoms with van der Waals surface area (Å²) < 4.78 is 6.80. The van der Waals surface area contributed by atoms with Gasteiger partial charge in [-0.1, -0.05) is 23.9 Å². The van der Waals surface area contributed by atoms with E-state index in [0.29, 0.717) is 5.92 Å². The molecule has 3 rings (SSSR count). The zero-order valence-electron chi connectivity index (χ0n) is 11.7. The molecule has 112 valence electrons. The number of alkyl halides is 2. The molecule has 1 heterocycles. The average molecular weight is 344 g/mol. The third kappa shape index (κ3) is 3.00. The molecule has 0 spiro atoms. The predicted molar refractivity (Wildman–Crippen MR) is 86.3 cm³/mol. The van der Waals surface area contributed by atoms with Crippen LogP contribution in [0.15, 0.2) is 29.4 Å². The highest BCUT2D eigenvalue weighted by atomic mass is 35.5. The second-order valence-corrected chi connectivity index (χ2v) is 7.57. The van der Waals surface area contributed by atoms with Gasteiger partial charge in [0.25, 0.3) is 0 Å². The second kappa shape index (κ2) is 5.71. The van der Waals surface area contributed by atoms with Crippen LogP contribution in [0, 0.1) is 5.92 Å². The van der Waals surface area contributed by atoms with E-state index in [-0.39, 0.29) is 0 Å². The topological polar surface area (TPSA) is 39.9 Å². The molecule has 0 aliphatic heterocycles. The lowest BCUT2D eigenvalue weighted by atomic mass is 10.2. The van der Waals surface area contributed by atoms with E-state index in [1.54, 1.807) is 18.9 Å². The van der Waals surface area contributed by atoms with Crippen molar-refractivity contribution in [2.75, 3.05) is 12.9 Å². The largest absolute Gasteiger partial charge is 0.496 e. The number of nitrogens with zero attached hydrogens (tertiary/aromatic N) is 3. The molecule has 1 unspecified atom stereocenters. The first-order valence-corrected chi connectivity index (χ1v) is 8.30. The maximum atomic E-state index is 6.05. The molecule has 1 aliphatic carbocycles. The number of thioether (sulfide) groups is 1. The molecule has 0 bridgehead atoms. The highest BCUT2D eigenvalue weighted by Crippen LogP contribution is 2.54. The second-order valence-electron chi connectivity index (χ2n) is 5.04. The van der Waals surface area contributed by atoms with E-state index in [9.17, 15) is 0 Å². The quantitative estimate of drug-likeness (QED) is 0.611. The lowest BCUT2D eigenvalue weighted by molar-refractivity contribution is 0.416. The summed E-state index contributed by atoms with van der Waals surface area (Å²) in [7, 11) is 3.60. The van der Waals surface area contributed by atoms with Crippen LogP contribution in [0.5, 0.6) is 5.75 Å². The summed E-state index contributed by atoms with van der Waals surface area (Å²) in [4.78, 5) is 0. The number of halogens is 2. The minimum atomic E-state index is -0.545. The third-order valence-electron chi connectivity index (χ3n) is 3.55. The fourth-order valence-corrected chi connectivity index (χ4v) is 3.97. The van der Waals surface area contributed by atoms with Crippen LogP contribution in [-0.2, 0) is 7.05 Å². The summed E-state index contributed by atoms with van der Waals surface area (Å²) in [6.07, 6.45) is 0.848. The summed E-state index contributed by atoms with van der Waals surface area (Å²) >= 11 is 13.7. The number of hydrogen-bond donors (Lipinski definition) is 0. The van der Waals surface area contributed by atoms with Crippen LogP contribution in [0.3, 0.4) is 0 Å². The Morgan fingerprint density at radius 1 is 1.38 bits per heavy atom. The van der Waals surface area contributed by atoms with Crippen LogP contribution >= 0.6 is 35.0 Å². The van der Waals surface area contributed by atoms with Gasteiger partial charge >= 0.3 is 0 Å². The number of aromatic nitrogens is 3. The van der Waals surface area contributed by atoms with Gasteiger partial charge in [-0.15, -0.1) is 33.4 Å². The maximum absolute atomic E-state index is 6.05. The van der Waals surface area contributed by atoms with Crippen molar-refractivity contribution in [1.29, 1.82) is 0 Å². The Hall–Kier alpha value is -0.910. The molecule has 0 amide bonds. The van der Waals surface area contributed by atoms with E-state index in [0.717, 1.165) is 34.5 Å². The standard InChI is InChI=1S/C14H15Cl2N3OS/c1-19-12(10-5-3-4-6-11(10)20-2)17-18-13(19)21-8-9-7-14(9,15)16/h3-6,9H,7-8H2,1-2H3. The van der Waals surface area contributed by atoms with E-state index >= 15 is 0 Å². The lowest BCUT2D eigenvalue weighted by Crippen LogP contribution is -1.99. The highest BCUT2D eigenvalue weighted by molar-refractivity contribution is 7.99. The van der Waals surface area contributed by atoms with Gasteiger partial charge in [0.05, 0.1) is 12.7 Å². The molecule has 0 radical (unpaired) electrons. The molecule has 1 saturated carbocycles. The van der Waals surface area contributed by atoms with Crippen molar-refractivity contribution in [2.24, 2.45) is 13.0 Å². The van der Waals surface area contributed by atoms with E-state index in [2.05, 4.69) is 10.2 Å². The van der Waals surface area contributed by atoms with E-state index in [4.69, 9.17) is 27.9 Å². The molecule has 1 aliphatic rings. The number of hydrogen-bond acceptors (Lipinski definition) is 4. The molecule has 21 heavy (non-hydrogen) atoms. The van der Waals surface area contributed by atoms with Gasteiger partial charge in [0.2, 0.25) is 0 Å². The van der Waals surface area contributed by atoms with Gasteiger partial charge in [-0.05, 0) is 18.6 Å². The first-order valence-electron chi connectivity index (χ1n) is 6.56. The Labute approximate surface area is 137 Å². The van der Waals surface area contributed by atoms with E-state index in [1.165, 1.54) is 0 Å². The average Bonchev–Trinajstić information content (AvgIpc) is 2.92. The van der Waals surface area contributed by atoms with Gasteiger partial charge in [0.1, 0.15) is 10.1 Å². The Morgan fingerprint density at radius 3 is 2.76 bits per heavy atom. The molecule has 1 atom stereocenters. The lowest BCUT2D eigenvalue weighted by Gasteiger charge is -2.08. The van der Waals surface area contributed by atoms with Crippen LogP contribution in [-0.4, -0.2) is 32.0 Å². The molecule has 1 fully saturated rings. The number of para-hydroxylation sites is 1. The molecule has 0 N–H and O–H groups in total. The minimum Gasteiger partial charge on any atom is -0.496 e. The minimum absolute atomic E-state index is 0.331. The molecule has 7 heteroatoms. The fourth-order valence-electron chi connectivity index (χ4n) is 2.13. The number of ether oxygens (including phenoxy) is 1. The molecule has 4 nitrogen and oxygen atoms in total. The van der Waals surface area contributed by atoms with Crippen molar-refractivity contribution in [3.63, 3.8) is 0 Å². The Morgan fingerprint density at radius 2 is 2.10 bits per heavy atom. The Kier molecular flexibility index (Phi) is 4.08. The van der Waals surface area contributed by atoms with Crippen LogP contribution in [0.25, 0.3) is 11.4 Å².